The van der Waals surface area contributed by atoms with Crippen LogP contribution in [0.4, 0.5) is 0 Å². The van der Waals surface area contributed by atoms with E-state index in [1.807, 2.05) is 0 Å². The van der Waals surface area contributed by atoms with Crippen LogP contribution in [0.25, 0.3) is 0 Å². The van der Waals surface area contributed by atoms with Crippen molar-refractivity contribution in [1.82, 2.24) is 5.32 Å². The maximum absolute atomic E-state index is 10.8. The minimum absolute atomic E-state index is 0.370. The van der Waals surface area contributed by atoms with Gasteiger partial charge in [-0.3, -0.25) is 4.21 Å². The Morgan fingerprint density at radius 1 is 1.69 bits per heavy atom. The van der Waals surface area contributed by atoms with Gasteiger partial charge in [-0.05, 0) is 29.3 Å². The average molecular weight is 217 g/mol. The molecule has 0 fully saturated rings. The zero-order valence-corrected chi connectivity index (χ0v) is 9.58. The van der Waals surface area contributed by atoms with Crippen LogP contribution < -0.4 is 5.32 Å². The Labute approximate surface area is 85.8 Å². The highest BCUT2D eigenvalue weighted by atomic mass is 32.2. The third-order valence-corrected chi connectivity index (χ3v) is 3.36. The summed E-state index contributed by atoms with van der Waals surface area (Å²) in [6, 6.07) is 2.49. The van der Waals surface area contributed by atoms with Gasteiger partial charge >= 0.3 is 0 Å². The van der Waals surface area contributed by atoms with Gasteiger partial charge in [0.1, 0.15) is 0 Å². The van der Waals surface area contributed by atoms with Gasteiger partial charge in [-0.25, -0.2) is 0 Å². The van der Waals surface area contributed by atoms with Gasteiger partial charge < -0.3 is 5.32 Å². The summed E-state index contributed by atoms with van der Waals surface area (Å²) in [5.74, 6) is 0.731. The molecule has 1 aromatic heterocycles. The van der Waals surface area contributed by atoms with Crippen LogP contribution in [0.2, 0.25) is 0 Å². The highest BCUT2D eigenvalue weighted by Crippen LogP contribution is 2.14. The third kappa shape index (κ3) is 4.02. The van der Waals surface area contributed by atoms with Crippen molar-refractivity contribution in [2.24, 2.45) is 0 Å². The Kier molecular flexibility index (Phi) is 4.62. The van der Waals surface area contributed by atoms with Gasteiger partial charge in [-0.2, -0.15) is 11.3 Å². The van der Waals surface area contributed by atoms with E-state index in [0.717, 1.165) is 12.3 Å². The molecule has 0 radical (unpaired) electrons. The average Bonchev–Trinajstić information content (AvgIpc) is 2.55. The summed E-state index contributed by atoms with van der Waals surface area (Å²) < 4.78 is 10.8. The molecule has 2 atom stereocenters. The number of rotatable bonds is 5. The van der Waals surface area contributed by atoms with Crippen LogP contribution in [0.3, 0.4) is 0 Å². The molecule has 0 bridgehead atoms. The fourth-order valence-electron chi connectivity index (χ4n) is 1.06. The Balaban J connectivity index is 2.26. The van der Waals surface area contributed by atoms with Crippen LogP contribution in [-0.4, -0.2) is 22.8 Å². The Hall–Kier alpha value is -0.190. The monoisotopic (exact) mass is 217 g/mol. The standard InChI is InChI=1S/C9H15NOS2/c1-8(9-3-5-12-7-9)10-4-6-13(2)11/h3,5,7-8,10H,4,6H2,1-2H3. The van der Waals surface area contributed by atoms with E-state index in [0.29, 0.717) is 6.04 Å². The smallest absolute Gasteiger partial charge is 0.0357 e. The molecule has 2 nitrogen and oxygen atoms in total. The van der Waals surface area contributed by atoms with Gasteiger partial charge in [0, 0.05) is 35.4 Å². The summed E-state index contributed by atoms with van der Waals surface area (Å²) in [5, 5.41) is 7.54. The first kappa shape index (κ1) is 10.9. The van der Waals surface area contributed by atoms with E-state index < -0.39 is 10.8 Å². The summed E-state index contributed by atoms with van der Waals surface area (Å²) in [6.45, 7) is 2.95. The van der Waals surface area contributed by atoms with E-state index in [4.69, 9.17) is 0 Å². The second-order valence-electron chi connectivity index (χ2n) is 3.01. The SMILES string of the molecule is CC(NCCS(C)=O)c1ccsc1. The lowest BCUT2D eigenvalue weighted by atomic mass is 10.2. The second kappa shape index (κ2) is 5.52. The number of hydrogen-bond acceptors (Lipinski definition) is 3. The molecule has 4 heteroatoms. The van der Waals surface area contributed by atoms with Crippen molar-refractivity contribution in [2.75, 3.05) is 18.6 Å². The zero-order valence-electron chi connectivity index (χ0n) is 7.95. The van der Waals surface area contributed by atoms with Gasteiger partial charge in [0.2, 0.25) is 0 Å². The first-order chi connectivity index (χ1) is 6.20. The highest BCUT2D eigenvalue weighted by molar-refractivity contribution is 7.84. The molecule has 0 amide bonds. The zero-order chi connectivity index (χ0) is 9.68. The van der Waals surface area contributed by atoms with Crippen molar-refractivity contribution < 1.29 is 4.21 Å². The lowest BCUT2D eigenvalue weighted by Gasteiger charge is -2.11. The van der Waals surface area contributed by atoms with Gasteiger partial charge in [0.15, 0.2) is 0 Å². The first-order valence-electron chi connectivity index (χ1n) is 4.25. The molecule has 0 aromatic carbocycles. The Morgan fingerprint density at radius 3 is 3.00 bits per heavy atom. The number of thiophene rings is 1. The Bertz CT molecular complexity index is 259. The van der Waals surface area contributed by atoms with E-state index in [-0.39, 0.29) is 0 Å². The maximum Gasteiger partial charge on any atom is 0.0357 e. The molecule has 0 aliphatic rings. The maximum atomic E-state index is 10.8. The van der Waals surface area contributed by atoms with E-state index in [1.54, 1.807) is 17.6 Å². The molecule has 0 aliphatic carbocycles. The number of hydrogen-bond donors (Lipinski definition) is 1. The molecular weight excluding hydrogens is 202 g/mol. The van der Waals surface area contributed by atoms with Crippen LogP contribution in [0.15, 0.2) is 16.8 Å². The van der Waals surface area contributed by atoms with E-state index >= 15 is 0 Å². The van der Waals surface area contributed by atoms with Crippen molar-refractivity contribution in [3.63, 3.8) is 0 Å². The van der Waals surface area contributed by atoms with Crippen LogP contribution >= 0.6 is 11.3 Å². The van der Waals surface area contributed by atoms with E-state index in [1.165, 1.54) is 5.56 Å². The minimum atomic E-state index is -0.689. The van der Waals surface area contributed by atoms with Crippen LogP contribution in [0.1, 0.15) is 18.5 Å². The van der Waals surface area contributed by atoms with Crippen molar-refractivity contribution in [3.8, 4) is 0 Å². The topological polar surface area (TPSA) is 29.1 Å². The molecule has 0 aliphatic heterocycles. The summed E-state index contributed by atoms with van der Waals surface area (Å²) in [5.41, 5.74) is 1.31. The Morgan fingerprint density at radius 2 is 2.46 bits per heavy atom. The lowest BCUT2D eigenvalue weighted by molar-refractivity contribution is 0.599. The molecule has 1 rings (SSSR count). The molecule has 74 valence electrons. The van der Waals surface area contributed by atoms with E-state index in [2.05, 4.69) is 29.1 Å². The molecule has 0 spiro atoms. The molecule has 0 saturated carbocycles. The number of nitrogens with one attached hydrogen (secondary N) is 1. The largest absolute Gasteiger partial charge is 0.309 e. The van der Waals surface area contributed by atoms with Crippen LogP contribution in [0.5, 0.6) is 0 Å². The minimum Gasteiger partial charge on any atom is -0.309 e. The molecule has 1 N–H and O–H groups in total. The van der Waals surface area contributed by atoms with Gasteiger partial charge in [-0.1, -0.05) is 0 Å². The van der Waals surface area contributed by atoms with Crippen molar-refractivity contribution in [2.45, 2.75) is 13.0 Å². The summed E-state index contributed by atoms with van der Waals surface area (Å²) in [7, 11) is -0.689. The van der Waals surface area contributed by atoms with Crippen molar-refractivity contribution >= 4 is 22.1 Å². The quantitative estimate of drug-likeness (QED) is 0.814. The molecule has 1 aromatic rings. The highest BCUT2D eigenvalue weighted by Gasteiger charge is 2.03. The fraction of sp³-hybridized carbons (Fsp3) is 0.556. The second-order valence-corrected chi connectivity index (χ2v) is 5.34. The van der Waals surface area contributed by atoms with Gasteiger partial charge in [0.05, 0.1) is 0 Å². The summed E-state index contributed by atoms with van der Waals surface area (Å²) in [6.07, 6.45) is 1.73. The van der Waals surface area contributed by atoms with Gasteiger partial charge in [0.25, 0.3) is 0 Å². The van der Waals surface area contributed by atoms with Crippen LogP contribution in [-0.2, 0) is 10.8 Å². The van der Waals surface area contributed by atoms with Crippen LogP contribution in [0, 0.1) is 0 Å². The lowest BCUT2D eigenvalue weighted by Crippen LogP contribution is -2.23. The van der Waals surface area contributed by atoms with E-state index in [9.17, 15) is 4.21 Å². The molecule has 1 heterocycles. The van der Waals surface area contributed by atoms with Gasteiger partial charge in [-0.15, -0.1) is 0 Å². The summed E-state index contributed by atoms with van der Waals surface area (Å²) >= 11 is 1.71. The molecule has 2 unspecified atom stereocenters. The normalized spacial score (nSPS) is 15.5. The summed E-state index contributed by atoms with van der Waals surface area (Å²) in [4.78, 5) is 0. The molecule has 13 heavy (non-hydrogen) atoms. The molecular formula is C9H15NOS2. The first-order valence-corrected chi connectivity index (χ1v) is 6.92. The molecule has 0 saturated heterocycles. The predicted molar refractivity (Wildman–Crippen MR) is 59.7 cm³/mol. The third-order valence-electron chi connectivity index (χ3n) is 1.88. The predicted octanol–water partition coefficient (Wildman–Crippen LogP) is 1.78. The van der Waals surface area contributed by atoms with Crippen molar-refractivity contribution in [3.05, 3.63) is 22.4 Å². The van der Waals surface area contributed by atoms with Crippen molar-refractivity contribution in [1.29, 1.82) is 0 Å². The fourth-order valence-corrected chi connectivity index (χ4v) is 2.22.